The Labute approximate surface area is 92.1 Å². The predicted octanol–water partition coefficient (Wildman–Crippen LogP) is 2.39. The minimum atomic E-state index is 0.260. The lowest BCUT2D eigenvalue weighted by molar-refractivity contribution is 0.410. The van der Waals surface area contributed by atoms with Gasteiger partial charge in [0.1, 0.15) is 5.75 Å². The Bertz CT molecular complexity index is 568. The average molecular weight is 217 g/mol. The molecule has 16 heavy (non-hydrogen) atoms. The van der Waals surface area contributed by atoms with E-state index in [1.54, 1.807) is 13.4 Å². The van der Waals surface area contributed by atoms with Crippen molar-refractivity contribution in [2.75, 3.05) is 7.11 Å². The Morgan fingerprint density at radius 2 is 2.38 bits per heavy atom. The van der Waals surface area contributed by atoms with Gasteiger partial charge in [0.25, 0.3) is 0 Å². The van der Waals surface area contributed by atoms with Gasteiger partial charge in [-0.3, -0.25) is 0 Å². The van der Waals surface area contributed by atoms with Gasteiger partial charge in [-0.25, -0.2) is 4.98 Å². The molecule has 0 radical (unpaired) electrons. The molecule has 82 valence electrons. The van der Waals surface area contributed by atoms with Crippen molar-refractivity contribution >= 4 is 11.0 Å². The Hall–Kier alpha value is -2.20. The van der Waals surface area contributed by atoms with Gasteiger partial charge < -0.3 is 9.30 Å². The average Bonchev–Trinajstić information content (AvgIpc) is 2.68. The predicted molar refractivity (Wildman–Crippen MR) is 60.1 cm³/mol. The molecule has 2 rings (SSSR count). The Morgan fingerprint density at radius 1 is 1.56 bits per heavy atom. The summed E-state index contributed by atoms with van der Waals surface area (Å²) in [5.74, 6) is 0.712. The van der Waals surface area contributed by atoms with Crippen molar-refractivity contribution in [2.24, 2.45) is 12.2 Å². The smallest absolute Gasteiger partial charge is 0.124 e. The van der Waals surface area contributed by atoms with Crippen molar-refractivity contribution in [3.8, 4) is 5.75 Å². The minimum absolute atomic E-state index is 0.260. The van der Waals surface area contributed by atoms with Crippen molar-refractivity contribution in [3.05, 3.63) is 34.5 Å². The molecule has 0 unspecified atom stereocenters. The Kier molecular flexibility index (Phi) is 2.66. The van der Waals surface area contributed by atoms with E-state index in [1.165, 1.54) is 0 Å². The van der Waals surface area contributed by atoms with E-state index in [2.05, 4.69) is 15.0 Å². The molecule has 2 aromatic rings. The van der Waals surface area contributed by atoms with E-state index in [-0.39, 0.29) is 6.54 Å². The minimum Gasteiger partial charge on any atom is -0.496 e. The molecular formula is C10H11N5O. The van der Waals surface area contributed by atoms with Crippen LogP contribution in [-0.4, -0.2) is 16.7 Å². The molecular weight excluding hydrogens is 206 g/mol. The third-order valence-electron chi connectivity index (χ3n) is 2.45. The summed E-state index contributed by atoms with van der Waals surface area (Å²) in [6, 6.07) is 3.71. The van der Waals surface area contributed by atoms with Crippen molar-refractivity contribution < 1.29 is 4.74 Å². The summed E-state index contributed by atoms with van der Waals surface area (Å²) >= 11 is 0. The molecule has 0 atom stereocenters. The van der Waals surface area contributed by atoms with Crippen LogP contribution < -0.4 is 4.74 Å². The summed E-state index contributed by atoms with van der Waals surface area (Å²) in [5, 5.41) is 3.58. The zero-order chi connectivity index (χ0) is 11.5. The molecule has 1 heterocycles. The molecule has 0 fully saturated rings. The first-order valence-corrected chi connectivity index (χ1v) is 4.75. The number of aryl methyl sites for hydroxylation is 1. The molecule has 0 bridgehead atoms. The standard InChI is InChI=1S/C10H11N5O/c1-15-6-12-8-3-4-9(16-2)7(10(8)15)5-13-14-11/h3-4,6H,5H2,1-2H3. The SMILES string of the molecule is COc1ccc2ncn(C)c2c1CN=[N+]=[N-]. The topological polar surface area (TPSA) is 75.8 Å². The number of ether oxygens (including phenoxy) is 1. The zero-order valence-electron chi connectivity index (χ0n) is 9.08. The second-order valence-corrected chi connectivity index (χ2v) is 3.36. The summed E-state index contributed by atoms with van der Waals surface area (Å²) in [7, 11) is 3.49. The van der Waals surface area contributed by atoms with Crippen molar-refractivity contribution in [1.82, 2.24) is 9.55 Å². The van der Waals surface area contributed by atoms with E-state index >= 15 is 0 Å². The number of hydrogen-bond donors (Lipinski definition) is 0. The summed E-state index contributed by atoms with van der Waals surface area (Å²) in [6.45, 7) is 0.260. The van der Waals surface area contributed by atoms with Gasteiger partial charge in [-0.1, -0.05) is 5.11 Å². The molecule has 0 aliphatic carbocycles. The van der Waals surface area contributed by atoms with Gasteiger partial charge in [0, 0.05) is 17.5 Å². The lowest BCUT2D eigenvalue weighted by atomic mass is 10.1. The van der Waals surface area contributed by atoms with Crippen LogP contribution in [0.2, 0.25) is 0 Å². The first kappa shape index (κ1) is 10.3. The molecule has 0 aliphatic heterocycles. The van der Waals surface area contributed by atoms with Gasteiger partial charge in [0.05, 0.1) is 31.0 Å². The van der Waals surface area contributed by atoms with Crippen LogP contribution in [0, 0.1) is 0 Å². The van der Waals surface area contributed by atoms with Gasteiger partial charge in [-0.2, -0.15) is 0 Å². The number of hydrogen-bond acceptors (Lipinski definition) is 3. The van der Waals surface area contributed by atoms with Gasteiger partial charge in [0.15, 0.2) is 0 Å². The molecule has 0 amide bonds. The van der Waals surface area contributed by atoms with Crippen LogP contribution in [0.25, 0.3) is 21.5 Å². The maximum atomic E-state index is 8.38. The van der Waals surface area contributed by atoms with Gasteiger partial charge in [-0.05, 0) is 17.7 Å². The normalized spacial score (nSPS) is 10.1. The van der Waals surface area contributed by atoms with E-state index in [0.29, 0.717) is 5.75 Å². The number of nitrogens with zero attached hydrogens (tertiary/aromatic N) is 5. The second-order valence-electron chi connectivity index (χ2n) is 3.36. The Balaban J connectivity index is 2.70. The molecule has 0 saturated heterocycles. The van der Waals surface area contributed by atoms with Gasteiger partial charge in [0.2, 0.25) is 0 Å². The number of fused-ring (bicyclic) bond motifs is 1. The monoisotopic (exact) mass is 217 g/mol. The quantitative estimate of drug-likeness (QED) is 0.449. The number of imidazole rings is 1. The lowest BCUT2D eigenvalue weighted by Gasteiger charge is -2.08. The summed E-state index contributed by atoms with van der Waals surface area (Å²) in [6.07, 6.45) is 1.73. The fourth-order valence-electron chi connectivity index (χ4n) is 1.76. The van der Waals surface area contributed by atoms with Crippen molar-refractivity contribution in [2.45, 2.75) is 6.54 Å². The molecule has 0 aliphatic rings. The number of aromatic nitrogens is 2. The zero-order valence-corrected chi connectivity index (χ0v) is 9.08. The van der Waals surface area contributed by atoms with Crippen LogP contribution in [0.15, 0.2) is 23.6 Å². The van der Waals surface area contributed by atoms with Crippen LogP contribution in [0.1, 0.15) is 5.56 Å². The molecule has 1 aromatic heterocycles. The molecule has 0 N–H and O–H groups in total. The highest BCUT2D eigenvalue weighted by Crippen LogP contribution is 2.27. The fourth-order valence-corrected chi connectivity index (χ4v) is 1.76. The lowest BCUT2D eigenvalue weighted by Crippen LogP contribution is -1.95. The molecule has 0 saturated carbocycles. The van der Waals surface area contributed by atoms with Crippen LogP contribution in [0.3, 0.4) is 0 Å². The van der Waals surface area contributed by atoms with E-state index in [9.17, 15) is 0 Å². The van der Waals surface area contributed by atoms with E-state index < -0.39 is 0 Å². The third-order valence-corrected chi connectivity index (χ3v) is 2.45. The Morgan fingerprint density at radius 3 is 3.06 bits per heavy atom. The highest BCUT2D eigenvalue weighted by molar-refractivity contribution is 5.81. The maximum Gasteiger partial charge on any atom is 0.124 e. The first-order chi connectivity index (χ1) is 7.77. The fraction of sp³-hybridized carbons (Fsp3) is 0.300. The third kappa shape index (κ3) is 1.55. The number of benzene rings is 1. The van der Waals surface area contributed by atoms with E-state index in [1.807, 2.05) is 23.7 Å². The molecule has 6 heteroatoms. The second kappa shape index (κ2) is 4.12. The molecule has 0 spiro atoms. The van der Waals surface area contributed by atoms with Crippen molar-refractivity contribution in [3.63, 3.8) is 0 Å². The maximum absolute atomic E-state index is 8.38. The van der Waals surface area contributed by atoms with E-state index in [0.717, 1.165) is 16.6 Å². The van der Waals surface area contributed by atoms with Crippen LogP contribution in [0.4, 0.5) is 0 Å². The number of rotatable bonds is 3. The summed E-state index contributed by atoms with van der Waals surface area (Å²) in [4.78, 5) is 7.00. The number of azide groups is 1. The molecule has 1 aromatic carbocycles. The summed E-state index contributed by atoms with van der Waals surface area (Å²) in [5.41, 5.74) is 11.0. The van der Waals surface area contributed by atoms with E-state index in [4.69, 9.17) is 10.3 Å². The van der Waals surface area contributed by atoms with Crippen LogP contribution in [-0.2, 0) is 13.6 Å². The first-order valence-electron chi connectivity index (χ1n) is 4.75. The largest absolute Gasteiger partial charge is 0.496 e. The number of methoxy groups -OCH3 is 1. The summed E-state index contributed by atoms with van der Waals surface area (Å²) < 4.78 is 7.14. The highest BCUT2D eigenvalue weighted by atomic mass is 16.5. The molecule has 6 nitrogen and oxygen atoms in total. The van der Waals surface area contributed by atoms with Crippen LogP contribution >= 0.6 is 0 Å². The van der Waals surface area contributed by atoms with Gasteiger partial charge in [-0.15, -0.1) is 0 Å². The van der Waals surface area contributed by atoms with Crippen LogP contribution in [0.5, 0.6) is 5.75 Å². The van der Waals surface area contributed by atoms with Gasteiger partial charge >= 0.3 is 0 Å². The highest BCUT2D eigenvalue weighted by Gasteiger charge is 2.10. The van der Waals surface area contributed by atoms with Crippen molar-refractivity contribution in [1.29, 1.82) is 0 Å².